The zero-order valence-electron chi connectivity index (χ0n) is 17.3. The van der Waals surface area contributed by atoms with E-state index >= 15 is 0 Å². The van der Waals surface area contributed by atoms with Gasteiger partial charge in [-0.3, -0.25) is 9.59 Å². The van der Waals surface area contributed by atoms with Crippen molar-refractivity contribution in [2.45, 2.75) is 38.0 Å². The number of methoxy groups -OCH3 is 1. The molecule has 6 heteroatoms. The average molecular weight is 427 g/mol. The Morgan fingerprint density at radius 2 is 1.83 bits per heavy atom. The van der Waals surface area contributed by atoms with Crippen molar-refractivity contribution in [1.82, 2.24) is 0 Å². The molecule has 1 unspecified atom stereocenters. The first-order valence-electron chi connectivity index (χ1n) is 10.6. The predicted octanol–water partition coefficient (Wildman–Crippen LogP) is 5.03. The minimum Gasteiger partial charge on any atom is -0.469 e. The van der Waals surface area contributed by atoms with E-state index in [-0.39, 0.29) is 17.8 Å². The maximum atomic E-state index is 13.5. The van der Waals surface area contributed by atoms with Gasteiger partial charge in [-0.05, 0) is 61.4 Å². The standard InChI is InChI=1S/C24H27ClN2O3/c1-30-23(28)15-17-7-6-14-27(22-9-3-2-8-19(17)22)24(29)20-11-10-18(16-21(20)25)26-12-4-5-13-26/h2-3,8-11,16-17H,4-7,12-15H2,1H3. The third-order valence-corrected chi connectivity index (χ3v) is 6.45. The zero-order valence-corrected chi connectivity index (χ0v) is 18.0. The van der Waals surface area contributed by atoms with Gasteiger partial charge in [0.05, 0.1) is 24.1 Å². The van der Waals surface area contributed by atoms with E-state index in [0.717, 1.165) is 42.9 Å². The highest BCUT2D eigenvalue weighted by Gasteiger charge is 2.29. The summed E-state index contributed by atoms with van der Waals surface area (Å²) in [7, 11) is 1.41. The van der Waals surface area contributed by atoms with Gasteiger partial charge in [0.1, 0.15) is 0 Å². The summed E-state index contributed by atoms with van der Waals surface area (Å²) in [6, 6.07) is 13.6. The summed E-state index contributed by atoms with van der Waals surface area (Å²) in [5.41, 5.74) is 3.46. The molecular weight excluding hydrogens is 400 g/mol. The number of carbonyl (C=O) groups is 2. The lowest BCUT2D eigenvalue weighted by Gasteiger charge is -2.25. The molecule has 0 radical (unpaired) electrons. The minimum absolute atomic E-state index is 0.0412. The summed E-state index contributed by atoms with van der Waals surface area (Å²) in [4.78, 5) is 29.5. The fraction of sp³-hybridized carbons (Fsp3) is 0.417. The van der Waals surface area contributed by atoms with Crippen molar-refractivity contribution in [3.63, 3.8) is 0 Å². The second-order valence-corrected chi connectivity index (χ2v) is 8.40. The second-order valence-electron chi connectivity index (χ2n) is 7.99. The molecule has 5 nitrogen and oxygen atoms in total. The van der Waals surface area contributed by atoms with Crippen LogP contribution in [-0.2, 0) is 9.53 Å². The van der Waals surface area contributed by atoms with E-state index in [0.29, 0.717) is 23.6 Å². The van der Waals surface area contributed by atoms with Gasteiger partial charge in [0.2, 0.25) is 0 Å². The largest absolute Gasteiger partial charge is 0.469 e. The smallest absolute Gasteiger partial charge is 0.306 e. The number of amides is 1. The number of benzene rings is 2. The third kappa shape index (κ3) is 4.17. The molecular formula is C24H27ClN2O3. The molecule has 2 aliphatic rings. The topological polar surface area (TPSA) is 49.9 Å². The highest BCUT2D eigenvalue weighted by Crippen LogP contribution is 2.38. The number of nitrogens with zero attached hydrogens (tertiary/aromatic N) is 2. The van der Waals surface area contributed by atoms with Gasteiger partial charge in [-0.15, -0.1) is 0 Å². The van der Waals surface area contributed by atoms with Crippen LogP contribution in [0.5, 0.6) is 0 Å². The first-order valence-corrected chi connectivity index (χ1v) is 11.0. The number of anilines is 2. The fourth-order valence-corrected chi connectivity index (χ4v) is 4.81. The molecule has 2 aromatic carbocycles. The maximum Gasteiger partial charge on any atom is 0.306 e. The van der Waals surface area contributed by atoms with Crippen molar-refractivity contribution in [2.24, 2.45) is 0 Å². The molecule has 2 heterocycles. The Bertz CT molecular complexity index is 940. The van der Waals surface area contributed by atoms with Crippen LogP contribution in [0.15, 0.2) is 42.5 Å². The van der Waals surface area contributed by atoms with Gasteiger partial charge in [-0.2, -0.15) is 0 Å². The van der Waals surface area contributed by atoms with Crippen LogP contribution in [0.2, 0.25) is 5.02 Å². The molecule has 0 saturated carbocycles. The van der Waals surface area contributed by atoms with E-state index in [1.54, 1.807) is 0 Å². The summed E-state index contributed by atoms with van der Waals surface area (Å²) in [5.74, 6) is -0.284. The molecule has 1 amide bonds. The van der Waals surface area contributed by atoms with Gasteiger partial charge >= 0.3 is 5.97 Å². The predicted molar refractivity (Wildman–Crippen MR) is 120 cm³/mol. The fourth-order valence-electron chi connectivity index (χ4n) is 4.55. The van der Waals surface area contributed by atoms with Crippen molar-refractivity contribution in [1.29, 1.82) is 0 Å². The normalized spacial score (nSPS) is 18.7. The Kier molecular flexibility index (Phi) is 6.28. The molecule has 1 atom stereocenters. The van der Waals surface area contributed by atoms with Crippen LogP contribution in [-0.4, -0.2) is 38.6 Å². The molecule has 158 valence electrons. The molecule has 1 fully saturated rings. The summed E-state index contributed by atoms with van der Waals surface area (Å²) >= 11 is 6.57. The Hall–Kier alpha value is -2.53. The first-order chi connectivity index (χ1) is 14.6. The van der Waals surface area contributed by atoms with Crippen LogP contribution < -0.4 is 9.80 Å². The molecule has 0 N–H and O–H groups in total. The van der Waals surface area contributed by atoms with Gasteiger partial charge in [0, 0.05) is 31.0 Å². The number of halogens is 1. The van der Waals surface area contributed by atoms with Crippen molar-refractivity contribution >= 4 is 34.9 Å². The summed E-state index contributed by atoms with van der Waals surface area (Å²) in [6.45, 7) is 2.66. The quantitative estimate of drug-likeness (QED) is 0.643. The van der Waals surface area contributed by atoms with Gasteiger partial charge in [0.25, 0.3) is 5.91 Å². The molecule has 4 rings (SSSR count). The molecule has 2 aromatic rings. The monoisotopic (exact) mass is 426 g/mol. The van der Waals surface area contributed by atoms with Crippen LogP contribution in [0.1, 0.15) is 53.9 Å². The number of hydrogen-bond donors (Lipinski definition) is 0. The van der Waals surface area contributed by atoms with Crippen molar-refractivity contribution in [2.75, 3.05) is 36.5 Å². The highest BCUT2D eigenvalue weighted by molar-refractivity contribution is 6.34. The summed E-state index contributed by atoms with van der Waals surface area (Å²) < 4.78 is 4.88. The van der Waals surface area contributed by atoms with E-state index in [2.05, 4.69) is 4.90 Å². The molecule has 0 spiro atoms. The van der Waals surface area contributed by atoms with E-state index in [1.807, 2.05) is 47.4 Å². The molecule has 0 aliphatic carbocycles. The number of hydrogen-bond acceptors (Lipinski definition) is 4. The second kappa shape index (κ2) is 9.09. The van der Waals surface area contributed by atoms with Gasteiger partial charge < -0.3 is 14.5 Å². The Labute approximate surface area is 182 Å². The van der Waals surface area contributed by atoms with E-state index in [9.17, 15) is 9.59 Å². The van der Waals surface area contributed by atoms with E-state index in [4.69, 9.17) is 16.3 Å². The molecule has 2 aliphatic heterocycles. The number of esters is 1. The van der Waals surface area contributed by atoms with Crippen LogP contribution in [0.3, 0.4) is 0 Å². The number of fused-ring (bicyclic) bond motifs is 1. The highest BCUT2D eigenvalue weighted by atomic mass is 35.5. The Morgan fingerprint density at radius 1 is 1.07 bits per heavy atom. The maximum absolute atomic E-state index is 13.5. The van der Waals surface area contributed by atoms with Crippen LogP contribution >= 0.6 is 11.6 Å². The molecule has 1 saturated heterocycles. The lowest BCUT2D eigenvalue weighted by molar-refractivity contribution is -0.141. The molecule has 0 aromatic heterocycles. The summed E-state index contributed by atoms with van der Waals surface area (Å²) in [5, 5.41) is 0.484. The van der Waals surface area contributed by atoms with Gasteiger partial charge in [-0.1, -0.05) is 29.8 Å². The Morgan fingerprint density at radius 3 is 2.57 bits per heavy atom. The van der Waals surface area contributed by atoms with Gasteiger partial charge in [0.15, 0.2) is 0 Å². The van der Waals surface area contributed by atoms with Crippen molar-refractivity contribution in [3.05, 3.63) is 58.6 Å². The minimum atomic E-state index is -0.227. The lowest BCUT2D eigenvalue weighted by atomic mass is 9.91. The number of ether oxygens (including phenoxy) is 1. The van der Waals surface area contributed by atoms with Crippen LogP contribution in [0.25, 0.3) is 0 Å². The third-order valence-electron chi connectivity index (χ3n) is 6.14. The van der Waals surface area contributed by atoms with Crippen LogP contribution in [0.4, 0.5) is 11.4 Å². The lowest BCUT2D eigenvalue weighted by Crippen LogP contribution is -2.32. The van der Waals surface area contributed by atoms with E-state index < -0.39 is 0 Å². The first kappa shape index (κ1) is 20.7. The Balaban J connectivity index is 1.63. The average Bonchev–Trinajstić information content (AvgIpc) is 3.24. The number of carbonyl (C=O) groups excluding carboxylic acids is 2. The number of para-hydroxylation sites is 1. The SMILES string of the molecule is COC(=O)CC1CCCN(C(=O)c2ccc(N3CCCC3)cc2Cl)c2ccccc21. The number of rotatable bonds is 4. The zero-order chi connectivity index (χ0) is 21.1. The molecule has 30 heavy (non-hydrogen) atoms. The van der Waals surface area contributed by atoms with Crippen molar-refractivity contribution in [3.8, 4) is 0 Å². The summed E-state index contributed by atoms with van der Waals surface area (Å²) in [6.07, 6.45) is 4.34. The van der Waals surface area contributed by atoms with Crippen molar-refractivity contribution < 1.29 is 14.3 Å². The van der Waals surface area contributed by atoms with Gasteiger partial charge in [-0.25, -0.2) is 0 Å². The van der Waals surface area contributed by atoms with E-state index in [1.165, 1.54) is 20.0 Å². The van der Waals surface area contributed by atoms with Crippen LogP contribution in [0, 0.1) is 0 Å². The molecule has 0 bridgehead atoms.